The van der Waals surface area contributed by atoms with Gasteiger partial charge in [-0.05, 0) is 36.2 Å². The number of hydrogen-bond donors (Lipinski definition) is 1. The average Bonchev–Trinajstić information content (AvgIpc) is 2.29. The number of benzene rings is 1. The van der Waals surface area contributed by atoms with Gasteiger partial charge in [0.25, 0.3) is 0 Å². The maximum Gasteiger partial charge on any atom is 0.0999 e. The molecule has 1 N–H and O–H groups in total. The normalized spacial score (nSPS) is 12.4. The van der Waals surface area contributed by atoms with Gasteiger partial charge < -0.3 is 5.11 Å². The predicted molar refractivity (Wildman–Crippen MR) is 71.8 cm³/mol. The summed E-state index contributed by atoms with van der Waals surface area (Å²) < 4.78 is 1.03. The van der Waals surface area contributed by atoms with Gasteiger partial charge in [-0.2, -0.15) is 0 Å². The van der Waals surface area contributed by atoms with Crippen LogP contribution in [0.3, 0.4) is 0 Å². The first-order valence-electron chi connectivity index (χ1n) is 5.50. The number of nitrogens with zero attached hydrogens (tertiary/aromatic N) is 1. The van der Waals surface area contributed by atoms with Crippen LogP contribution in [0.2, 0.25) is 0 Å². The van der Waals surface area contributed by atoms with Crippen LogP contribution in [0, 0.1) is 6.92 Å². The Kier molecular flexibility index (Phi) is 3.92. The minimum absolute atomic E-state index is 0.551. The van der Waals surface area contributed by atoms with Crippen LogP contribution < -0.4 is 0 Å². The molecule has 17 heavy (non-hydrogen) atoms. The van der Waals surface area contributed by atoms with Crippen molar-refractivity contribution in [2.24, 2.45) is 0 Å². The standard InChI is InChI=1S/C14H14BrNO/c1-10-5-6-13(16-9-10)14(17)8-11-3-2-4-12(15)7-11/h2-7,9,14,17H,8H2,1H3. The molecule has 1 aromatic heterocycles. The van der Waals surface area contributed by atoms with Crippen molar-refractivity contribution in [3.05, 3.63) is 63.9 Å². The zero-order valence-electron chi connectivity index (χ0n) is 9.60. The fourth-order valence-electron chi connectivity index (χ4n) is 1.67. The van der Waals surface area contributed by atoms with E-state index < -0.39 is 6.10 Å². The number of aromatic nitrogens is 1. The molecule has 88 valence electrons. The molecule has 1 aromatic carbocycles. The molecule has 0 radical (unpaired) electrons. The van der Waals surface area contributed by atoms with Crippen LogP contribution >= 0.6 is 15.9 Å². The van der Waals surface area contributed by atoms with E-state index in [0.717, 1.165) is 21.3 Å². The summed E-state index contributed by atoms with van der Waals surface area (Å²) in [5.41, 5.74) is 2.91. The minimum atomic E-state index is -0.551. The monoisotopic (exact) mass is 291 g/mol. The molecular formula is C14H14BrNO. The lowest BCUT2D eigenvalue weighted by Gasteiger charge is -2.10. The number of pyridine rings is 1. The van der Waals surface area contributed by atoms with Gasteiger partial charge in [0, 0.05) is 17.1 Å². The Morgan fingerprint density at radius 1 is 1.29 bits per heavy atom. The summed E-state index contributed by atoms with van der Waals surface area (Å²) >= 11 is 3.42. The Bertz CT molecular complexity index is 496. The van der Waals surface area contributed by atoms with Crippen LogP contribution in [-0.4, -0.2) is 10.1 Å². The first-order chi connectivity index (χ1) is 8.15. The number of aryl methyl sites for hydroxylation is 1. The molecule has 1 atom stereocenters. The number of aliphatic hydroxyl groups is 1. The Hall–Kier alpha value is -1.19. The number of rotatable bonds is 3. The third kappa shape index (κ3) is 3.38. The summed E-state index contributed by atoms with van der Waals surface area (Å²) in [7, 11) is 0. The highest BCUT2D eigenvalue weighted by molar-refractivity contribution is 9.10. The van der Waals surface area contributed by atoms with Gasteiger partial charge in [0.05, 0.1) is 11.8 Å². The molecule has 0 amide bonds. The topological polar surface area (TPSA) is 33.1 Å². The van der Waals surface area contributed by atoms with E-state index in [1.807, 2.05) is 43.3 Å². The smallest absolute Gasteiger partial charge is 0.0999 e. The summed E-state index contributed by atoms with van der Waals surface area (Å²) in [6.07, 6.45) is 1.81. The zero-order valence-corrected chi connectivity index (χ0v) is 11.2. The van der Waals surface area contributed by atoms with E-state index in [4.69, 9.17) is 0 Å². The summed E-state index contributed by atoms with van der Waals surface area (Å²) in [5, 5.41) is 10.1. The lowest BCUT2D eigenvalue weighted by molar-refractivity contribution is 0.173. The van der Waals surface area contributed by atoms with Gasteiger partial charge in [0.1, 0.15) is 0 Å². The van der Waals surface area contributed by atoms with Crippen molar-refractivity contribution >= 4 is 15.9 Å². The van der Waals surface area contributed by atoms with E-state index in [1.165, 1.54) is 0 Å². The molecule has 2 nitrogen and oxygen atoms in total. The van der Waals surface area contributed by atoms with Gasteiger partial charge in [0.15, 0.2) is 0 Å². The van der Waals surface area contributed by atoms with E-state index in [0.29, 0.717) is 6.42 Å². The van der Waals surface area contributed by atoms with Crippen LogP contribution in [0.1, 0.15) is 22.9 Å². The van der Waals surface area contributed by atoms with E-state index in [1.54, 1.807) is 6.20 Å². The Labute approximate surface area is 109 Å². The van der Waals surface area contributed by atoms with E-state index >= 15 is 0 Å². The molecule has 0 saturated carbocycles. The molecule has 0 spiro atoms. The summed E-state index contributed by atoms with van der Waals surface area (Å²) in [5.74, 6) is 0. The second-order valence-electron chi connectivity index (χ2n) is 4.11. The fourth-order valence-corrected chi connectivity index (χ4v) is 2.11. The molecule has 0 aliphatic rings. The highest BCUT2D eigenvalue weighted by Crippen LogP contribution is 2.19. The van der Waals surface area contributed by atoms with Crippen LogP contribution in [0.25, 0.3) is 0 Å². The highest BCUT2D eigenvalue weighted by Gasteiger charge is 2.09. The van der Waals surface area contributed by atoms with E-state index in [-0.39, 0.29) is 0 Å². The van der Waals surface area contributed by atoms with Crippen LogP contribution in [0.15, 0.2) is 47.1 Å². The maximum absolute atomic E-state index is 10.1. The zero-order chi connectivity index (χ0) is 12.3. The predicted octanol–water partition coefficient (Wildman–Crippen LogP) is 3.43. The van der Waals surface area contributed by atoms with Crippen molar-refractivity contribution in [3.63, 3.8) is 0 Å². The third-order valence-electron chi connectivity index (χ3n) is 2.59. The largest absolute Gasteiger partial charge is 0.386 e. The molecule has 2 rings (SSSR count). The molecule has 1 heterocycles. The van der Waals surface area contributed by atoms with Gasteiger partial charge in [-0.15, -0.1) is 0 Å². The summed E-state index contributed by atoms with van der Waals surface area (Å²) in [6, 6.07) is 11.8. The van der Waals surface area contributed by atoms with Crippen molar-refractivity contribution in [1.29, 1.82) is 0 Å². The van der Waals surface area contributed by atoms with E-state index in [2.05, 4.69) is 20.9 Å². The Morgan fingerprint density at radius 3 is 2.76 bits per heavy atom. The molecule has 0 aliphatic carbocycles. The second kappa shape index (κ2) is 5.43. The number of hydrogen-bond acceptors (Lipinski definition) is 2. The molecule has 0 aliphatic heterocycles. The van der Waals surface area contributed by atoms with Crippen molar-refractivity contribution in [2.75, 3.05) is 0 Å². The molecule has 0 bridgehead atoms. The number of aliphatic hydroxyl groups excluding tert-OH is 1. The first kappa shape index (κ1) is 12.3. The SMILES string of the molecule is Cc1ccc(C(O)Cc2cccc(Br)c2)nc1. The average molecular weight is 292 g/mol. The molecule has 1 unspecified atom stereocenters. The van der Waals surface area contributed by atoms with Gasteiger partial charge in [0.2, 0.25) is 0 Å². The van der Waals surface area contributed by atoms with Crippen molar-refractivity contribution < 1.29 is 5.11 Å². The molecular weight excluding hydrogens is 278 g/mol. The number of halogens is 1. The quantitative estimate of drug-likeness (QED) is 0.940. The second-order valence-corrected chi connectivity index (χ2v) is 5.03. The van der Waals surface area contributed by atoms with Crippen LogP contribution in [0.5, 0.6) is 0 Å². The van der Waals surface area contributed by atoms with Gasteiger partial charge in [-0.25, -0.2) is 0 Å². The van der Waals surface area contributed by atoms with Gasteiger partial charge in [-0.1, -0.05) is 34.1 Å². The molecule has 3 heteroatoms. The van der Waals surface area contributed by atoms with Gasteiger partial charge in [-0.3, -0.25) is 4.98 Å². The highest BCUT2D eigenvalue weighted by atomic mass is 79.9. The Balaban J connectivity index is 2.11. The van der Waals surface area contributed by atoms with Crippen LogP contribution in [0.4, 0.5) is 0 Å². The summed E-state index contributed by atoms with van der Waals surface area (Å²) in [4.78, 5) is 4.24. The first-order valence-corrected chi connectivity index (χ1v) is 6.29. The minimum Gasteiger partial charge on any atom is -0.386 e. The van der Waals surface area contributed by atoms with Crippen molar-refractivity contribution in [3.8, 4) is 0 Å². The fraction of sp³-hybridized carbons (Fsp3) is 0.214. The molecule has 2 aromatic rings. The van der Waals surface area contributed by atoms with E-state index in [9.17, 15) is 5.11 Å². The third-order valence-corrected chi connectivity index (χ3v) is 3.09. The van der Waals surface area contributed by atoms with Crippen molar-refractivity contribution in [2.45, 2.75) is 19.4 Å². The maximum atomic E-state index is 10.1. The van der Waals surface area contributed by atoms with Gasteiger partial charge >= 0.3 is 0 Å². The molecule has 0 saturated heterocycles. The lowest BCUT2D eigenvalue weighted by Crippen LogP contribution is -2.04. The van der Waals surface area contributed by atoms with Crippen molar-refractivity contribution in [1.82, 2.24) is 4.98 Å². The Morgan fingerprint density at radius 2 is 2.12 bits per heavy atom. The lowest BCUT2D eigenvalue weighted by atomic mass is 10.1. The van der Waals surface area contributed by atoms with Crippen LogP contribution in [-0.2, 0) is 6.42 Å². The molecule has 0 fully saturated rings. The summed E-state index contributed by atoms with van der Waals surface area (Å²) in [6.45, 7) is 1.98.